The lowest BCUT2D eigenvalue weighted by molar-refractivity contribution is 0.100. The number of carbonyl (C=O) groups excluding carboxylic acids is 1. The molecule has 1 amide bonds. The summed E-state index contributed by atoms with van der Waals surface area (Å²) in [6.45, 7) is 0. The summed E-state index contributed by atoms with van der Waals surface area (Å²) in [7, 11) is 0. The molecule has 0 saturated heterocycles. The Balaban J connectivity index is 2.58. The van der Waals surface area contributed by atoms with E-state index in [0.717, 1.165) is 0 Å². The highest BCUT2D eigenvalue weighted by Gasteiger charge is 2.10. The van der Waals surface area contributed by atoms with Gasteiger partial charge in [0.15, 0.2) is 0 Å². The molecule has 0 aliphatic heterocycles. The predicted molar refractivity (Wildman–Crippen MR) is 52.6 cm³/mol. The number of hydrogen-bond donors (Lipinski definition) is 1. The fraction of sp³-hybridized carbons (Fsp3) is 0. The Labute approximate surface area is 86.0 Å². The molecule has 0 spiro atoms. The number of nitrogens with two attached hydrogens (primary N) is 1. The van der Waals surface area contributed by atoms with Crippen molar-refractivity contribution in [1.29, 1.82) is 0 Å². The summed E-state index contributed by atoms with van der Waals surface area (Å²) in [6, 6.07) is 4.93. The lowest BCUT2D eigenvalue weighted by atomic mass is 10.1. The van der Waals surface area contributed by atoms with E-state index in [2.05, 4.69) is 21.4 Å². The van der Waals surface area contributed by atoms with E-state index in [-0.39, 0.29) is 0 Å². The van der Waals surface area contributed by atoms with Gasteiger partial charge in [-0.2, -0.15) is 5.10 Å². The van der Waals surface area contributed by atoms with Crippen molar-refractivity contribution in [2.45, 2.75) is 0 Å². The first-order valence-corrected chi connectivity index (χ1v) is 4.23. The van der Waals surface area contributed by atoms with Crippen LogP contribution in [0.1, 0.15) is 10.4 Å². The lowest BCUT2D eigenvalue weighted by Crippen LogP contribution is -2.13. The number of rotatable bonds is 2. The molecule has 5 heteroatoms. The van der Waals surface area contributed by atoms with Crippen LogP contribution in [0.5, 0.6) is 0 Å². The van der Waals surface area contributed by atoms with Gasteiger partial charge in [0.2, 0.25) is 0 Å². The van der Waals surface area contributed by atoms with E-state index in [4.69, 9.17) is 5.73 Å². The van der Waals surface area contributed by atoms with Gasteiger partial charge in [-0.3, -0.25) is 9.78 Å². The summed E-state index contributed by atoms with van der Waals surface area (Å²) in [5, 5.41) is 7.19. The van der Waals surface area contributed by atoms with E-state index >= 15 is 0 Å². The maximum Gasteiger partial charge on any atom is 0.250 e. The highest BCUT2D eigenvalue weighted by Crippen LogP contribution is 2.18. The molecule has 5 nitrogen and oxygen atoms in total. The van der Waals surface area contributed by atoms with Crippen LogP contribution in [-0.2, 0) is 0 Å². The third-order valence-electron chi connectivity index (χ3n) is 1.86. The molecular weight excluding hydrogens is 192 g/mol. The van der Waals surface area contributed by atoms with Crippen LogP contribution in [0, 0.1) is 6.20 Å². The number of amides is 1. The quantitative estimate of drug-likeness (QED) is 0.760. The second-order valence-electron chi connectivity index (χ2n) is 2.82. The van der Waals surface area contributed by atoms with Crippen LogP contribution in [0.2, 0.25) is 0 Å². The van der Waals surface area contributed by atoms with Crippen molar-refractivity contribution in [2.24, 2.45) is 5.73 Å². The SMILES string of the molecule is NC(=O)c1cccnc1-c1[c]nncc1. The zero-order chi connectivity index (χ0) is 10.7. The predicted octanol–water partition coefficient (Wildman–Crippen LogP) is 0.438. The van der Waals surface area contributed by atoms with Gasteiger partial charge >= 0.3 is 0 Å². The minimum Gasteiger partial charge on any atom is -0.366 e. The minimum absolute atomic E-state index is 0.349. The molecule has 1 radical (unpaired) electrons. The molecule has 2 aromatic heterocycles. The topological polar surface area (TPSA) is 81.8 Å². The van der Waals surface area contributed by atoms with E-state index in [1.54, 1.807) is 24.4 Å². The monoisotopic (exact) mass is 199 g/mol. The van der Waals surface area contributed by atoms with Gasteiger partial charge in [0, 0.05) is 11.8 Å². The first-order chi connectivity index (χ1) is 7.29. The molecule has 0 aliphatic carbocycles. The lowest BCUT2D eigenvalue weighted by Gasteiger charge is -2.03. The van der Waals surface area contributed by atoms with Gasteiger partial charge in [0.25, 0.3) is 5.91 Å². The van der Waals surface area contributed by atoms with Crippen molar-refractivity contribution >= 4 is 5.91 Å². The molecular formula is C10H7N4O. The van der Waals surface area contributed by atoms with Gasteiger partial charge in [-0.1, -0.05) is 0 Å². The number of primary amides is 1. The van der Waals surface area contributed by atoms with Gasteiger partial charge in [0.05, 0.1) is 17.5 Å². The number of carbonyl (C=O) groups is 1. The molecule has 2 rings (SSSR count). The van der Waals surface area contributed by atoms with Crippen LogP contribution in [0.15, 0.2) is 30.6 Å². The molecule has 0 aromatic carbocycles. The largest absolute Gasteiger partial charge is 0.366 e. The van der Waals surface area contributed by atoms with Crippen molar-refractivity contribution in [3.8, 4) is 11.3 Å². The molecule has 0 bridgehead atoms. The van der Waals surface area contributed by atoms with Gasteiger partial charge in [-0.25, -0.2) is 0 Å². The van der Waals surface area contributed by atoms with Gasteiger partial charge < -0.3 is 5.73 Å². The average molecular weight is 199 g/mol. The number of nitrogens with zero attached hydrogens (tertiary/aromatic N) is 3. The normalized spacial score (nSPS) is 9.87. The van der Waals surface area contributed by atoms with E-state index in [1.807, 2.05) is 0 Å². The zero-order valence-corrected chi connectivity index (χ0v) is 7.71. The summed E-state index contributed by atoms with van der Waals surface area (Å²) in [4.78, 5) is 15.2. The van der Waals surface area contributed by atoms with Crippen molar-refractivity contribution in [2.75, 3.05) is 0 Å². The van der Waals surface area contributed by atoms with Crippen molar-refractivity contribution in [1.82, 2.24) is 15.2 Å². The molecule has 15 heavy (non-hydrogen) atoms. The molecule has 0 saturated carbocycles. The van der Waals surface area contributed by atoms with Crippen molar-refractivity contribution in [3.05, 3.63) is 42.4 Å². The highest BCUT2D eigenvalue weighted by atomic mass is 16.1. The highest BCUT2D eigenvalue weighted by molar-refractivity contribution is 5.98. The van der Waals surface area contributed by atoms with E-state index in [1.165, 1.54) is 6.20 Å². The van der Waals surface area contributed by atoms with Crippen LogP contribution >= 0.6 is 0 Å². The van der Waals surface area contributed by atoms with Crippen LogP contribution in [0.3, 0.4) is 0 Å². The fourth-order valence-corrected chi connectivity index (χ4v) is 1.21. The molecule has 2 aromatic rings. The van der Waals surface area contributed by atoms with Crippen molar-refractivity contribution < 1.29 is 4.79 Å². The molecule has 2 N–H and O–H groups in total. The van der Waals surface area contributed by atoms with E-state index in [9.17, 15) is 4.79 Å². The Bertz CT molecular complexity index is 484. The molecule has 73 valence electrons. The van der Waals surface area contributed by atoms with Crippen LogP contribution in [0.25, 0.3) is 11.3 Å². The number of aromatic nitrogens is 3. The second kappa shape index (κ2) is 3.83. The van der Waals surface area contributed by atoms with E-state index in [0.29, 0.717) is 16.8 Å². The third kappa shape index (κ3) is 1.80. The first kappa shape index (κ1) is 9.26. The Morgan fingerprint density at radius 2 is 2.20 bits per heavy atom. The van der Waals surface area contributed by atoms with Gasteiger partial charge in [-0.05, 0) is 18.2 Å². The molecule has 0 aliphatic rings. The average Bonchev–Trinajstić information content (AvgIpc) is 2.30. The molecule has 2 heterocycles. The van der Waals surface area contributed by atoms with Gasteiger partial charge in [0.1, 0.15) is 6.20 Å². The fourth-order valence-electron chi connectivity index (χ4n) is 1.21. The molecule has 0 unspecified atom stereocenters. The molecule has 0 fully saturated rings. The van der Waals surface area contributed by atoms with Crippen LogP contribution in [0.4, 0.5) is 0 Å². The Hall–Kier alpha value is -2.30. The summed E-state index contributed by atoms with van der Waals surface area (Å²) < 4.78 is 0. The maximum atomic E-state index is 11.1. The number of hydrogen-bond acceptors (Lipinski definition) is 4. The maximum absolute atomic E-state index is 11.1. The van der Waals surface area contributed by atoms with Gasteiger partial charge in [-0.15, -0.1) is 5.10 Å². The number of pyridine rings is 1. The Morgan fingerprint density at radius 3 is 2.87 bits per heavy atom. The first-order valence-electron chi connectivity index (χ1n) is 4.23. The zero-order valence-electron chi connectivity index (χ0n) is 7.71. The van der Waals surface area contributed by atoms with Crippen molar-refractivity contribution in [3.63, 3.8) is 0 Å². The Kier molecular flexibility index (Phi) is 2.37. The Morgan fingerprint density at radius 1 is 1.33 bits per heavy atom. The van der Waals surface area contributed by atoms with Crippen LogP contribution < -0.4 is 5.73 Å². The summed E-state index contributed by atoms with van der Waals surface area (Å²) in [5.74, 6) is -0.525. The minimum atomic E-state index is -0.525. The molecule has 0 atom stereocenters. The third-order valence-corrected chi connectivity index (χ3v) is 1.86. The summed E-state index contributed by atoms with van der Waals surface area (Å²) in [6.07, 6.45) is 5.73. The summed E-state index contributed by atoms with van der Waals surface area (Å²) >= 11 is 0. The smallest absolute Gasteiger partial charge is 0.250 e. The standard InChI is InChI=1S/C10H7N4O/c11-10(15)8-2-1-4-12-9(8)7-3-5-13-14-6-7/h1-5H,(H2,11,15). The second-order valence-corrected chi connectivity index (χ2v) is 2.82. The van der Waals surface area contributed by atoms with E-state index < -0.39 is 5.91 Å². The van der Waals surface area contributed by atoms with Crippen LogP contribution in [-0.4, -0.2) is 21.1 Å². The summed E-state index contributed by atoms with van der Waals surface area (Å²) in [5.41, 5.74) is 6.64.